The van der Waals surface area contributed by atoms with Gasteiger partial charge < -0.3 is 34.7 Å². The van der Waals surface area contributed by atoms with Crippen LogP contribution in [-0.4, -0.2) is 72.2 Å². The first-order chi connectivity index (χ1) is 20.9. The topological polar surface area (TPSA) is 149 Å². The van der Waals surface area contributed by atoms with Gasteiger partial charge in [0.05, 0.1) is 18.2 Å². The quantitative estimate of drug-likeness (QED) is 0.235. The smallest absolute Gasteiger partial charge is 0.338 e. The Balaban J connectivity index is 1.32. The lowest BCUT2D eigenvalue weighted by atomic mass is 9.91. The van der Waals surface area contributed by atoms with E-state index in [1.807, 2.05) is 12.1 Å². The van der Waals surface area contributed by atoms with E-state index in [9.17, 15) is 24.3 Å². The van der Waals surface area contributed by atoms with Gasteiger partial charge in [-0.05, 0) is 97.8 Å². The maximum Gasteiger partial charge on any atom is 0.338 e. The standard InChI is InChI=1S/C32H37IN2O9/c1-32(2,3)44-27(37)12-11-24(17-36)35-30(39)21-6-4-5-19(13-21)16-34-29(38)22-14-25-28(42-18-41-25)26(15-22)43-31(40)20-7-9-23(33)10-8-20/h4-10,13-14,24-26,28,36H,11-12,15-18H2,1-3H3,(H,34,38)(H,35,39). The average Bonchev–Trinajstić information content (AvgIpc) is 3.47. The number of carbonyl (C=O) groups is 4. The molecular formula is C32H37IN2O9. The molecule has 4 unspecified atom stereocenters. The molecule has 0 radical (unpaired) electrons. The van der Waals surface area contributed by atoms with Crippen LogP contribution in [0.4, 0.5) is 0 Å². The Hall–Kier alpha value is -3.33. The van der Waals surface area contributed by atoms with Crippen molar-refractivity contribution in [2.75, 3.05) is 13.4 Å². The van der Waals surface area contributed by atoms with Crippen LogP contribution in [0.2, 0.25) is 0 Å². The molecule has 12 heteroatoms. The van der Waals surface area contributed by atoms with Gasteiger partial charge in [-0.3, -0.25) is 14.4 Å². The molecule has 0 aromatic heterocycles. The Kier molecular flexibility index (Phi) is 11.5. The molecule has 44 heavy (non-hydrogen) atoms. The van der Waals surface area contributed by atoms with Gasteiger partial charge in [0.1, 0.15) is 30.7 Å². The van der Waals surface area contributed by atoms with Gasteiger partial charge in [0, 0.05) is 34.1 Å². The van der Waals surface area contributed by atoms with E-state index in [1.54, 1.807) is 63.2 Å². The minimum Gasteiger partial charge on any atom is -0.460 e. The number of aliphatic hydroxyl groups is 1. The molecular weight excluding hydrogens is 683 g/mol. The molecule has 4 rings (SSSR count). The van der Waals surface area contributed by atoms with E-state index < -0.39 is 47.8 Å². The van der Waals surface area contributed by atoms with Crippen LogP contribution in [0, 0.1) is 3.57 Å². The van der Waals surface area contributed by atoms with Crippen molar-refractivity contribution in [2.45, 2.75) is 76.5 Å². The molecule has 1 aliphatic carbocycles. The van der Waals surface area contributed by atoms with Crippen LogP contribution >= 0.6 is 22.6 Å². The number of benzene rings is 2. The van der Waals surface area contributed by atoms with Crippen molar-refractivity contribution >= 4 is 46.3 Å². The van der Waals surface area contributed by atoms with Gasteiger partial charge in [-0.25, -0.2) is 4.79 Å². The van der Waals surface area contributed by atoms with Crippen LogP contribution < -0.4 is 10.6 Å². The summed E-state index contributed by atoms with van der Waals surface area (Å²) in [5.41, 5.74) is 1.21. The van der Waals surface area contributed by atoms with Crippen molar-refractivity contribution in [3.05, 3.63) is 80.4 Å². The lowest BCUT2D eigenvalue weighted by Gasteiger charge is -2.30. The first kappa shape index (κ1) is 33.6. The summed E-state index contributed by atoms with van der Waals surface area (Å²) in [4.78, 5) is 50.8. The van der Waals surface area contributed by atoms with Gasteiger partial charge in [0.25, 0.3) is 5.91 Å². The maximum absolute atomic E-state index is 13.2. The largest absolute Gasteiger partial charge is 0.460 e. The van der Waals surface area contributed by atoms with Gasteiger partial charge in [-0.2, -0.15) is 0 Å². The third-order valence-electron chi connectivity index (χ3n) is 6.94. The number of esters is 2. The van der Waals surface area contributed by atoms with Gasteiger partial charge in [-0.1, -0.05) is 12.1 Å². The normalized spacial score (nSPS) is 20.1. The van der Waals surface area contributed by atoms with Crippen molar-refractivity contribution in [2.24, 2.45) is 0 Å². The summed E-state index contributed by atoms with van der Waals surface area (Å²) < 4.78 is 23.3. The molecule has 4 atom stereocenters. The second kappa shape index (κ2) is 15.1. The lowest BCUT2D eigenvalue weighted by molar-refractivity contribution is -0.155. The Morgan fingerprint density at radius 1 is 1.05 bits per heavy atom. The number of nitrogens with one attached hydrogen (secondary N) is 2. The molecule has 2 aromatic carbocycles. The van der Waals surface area contributed by atoms with Crippen LogP contribution in [0.1, 0.15) is 66.3 Å². The summed E-state index contributed by atoms with van der Waals surface area (Å²) in [5.74, 6) is -1.69. The van der Waals surface area contributed by atoms with Crippen molar-refractivity contribution < 1.29 is 43.2 Å². The van der Waals surface area contributed by atoms with Crippen LogP contribution in [0.3, 0.4) is 0 Å². The molecule has 0 saturated carbocycles. The predicted molar refractivity (Wildman–Crippen MR) is 167 cm³/mol. The van der Waals surface area contributed by atoms with Crippen molar-refractivity contribution in [3.8, 4) is 0 Å². The van der Waals surface area contributed by atoms with Crippen LogP contribution in [-0.2, 0) is 35.1 Å². The highest BCUT2D eigenvalue weighted by atomic mass is 127. The Morgan fingerprint density at radius 3 is 2.50 bits per heavy atom. The second-order valence-electron chi connectivity index (χ2n) is 11.6. The molecule has 0 spiro atoms. The highest BCUT2D eigenvalue weighted by Gasteiger charge is 2.42. The summed E-state index contributed by atoms with van der Waals surface area (Å²) in [5, 5.41) is 15.3. The molecule has 11 nitrogen and oxygen atoms in total. The van der Waals surface area contributed by atoms with Gasteiger partial charge in [0.2, 0.25) is 5.91 Å². The number of hydrogen-bond acceptors (Lipinski definition) is 9. The molecule has 1 aliphatic heterocycles. The van der Waals surface area contributed by atoms with E-state index in [0.717, 1.165) is 3.57 Å². The average molecular weight is 721 g/mol. The summed E-state index contributed by atoms with van der Waals surface area (Å²) in [6.07, 6.45) is 0.373. The Labute approximate surface area is 269 Å². The van der Waals surface area contributed by atoms with Crippen LogP contribution in [0.5, 0.6) is 0 Å². The van der Waals surface area contributed by atoms with Crippen LogP contribution in [0.15, 0.2) is 60.2 Å². The molecule has 3 N–H and O–H groups in total. The van der Waals surface area contributed by atoms with E-state index in [4.69, 9.17) is 18.9 Å². The first-order valence-electron chi connectivity index (χ1n) is 14.3. The molecule has 1 saturated heterocycles. The number of amides is 2. The molecule has 236 valence electrons. The monoisotopic (exact) mass is 720 g/mol. The number of rotatable bonds is 11. The third kappa shape index (κ3) is 9.58. The highest BCUT2D eigenvalue weighted by molar-refractivity contribution is 14.1. The minimum atomic E-state index is -0.707. The highest BCUT2D eigenvalue weighted by Crippen LogP contribution is 2.31. The fourth-order valence-electron chi connectivity index (χ4n) is 4.80. The number of carbonyl (C=O) groups excluding carboxylic acids is 4. The summed E-state index contributed by atoms with van der Waals surface area (Å²) in [6.45, 7) is 5.15. The van der Waals surface area contributed by atoms with E-state index >= 15 is 0 Å². The van der Waals surface area contributed by atoms with Crippen molar-refractivity contribution in [1.29, 1.82) is 0 Å². The number of ether oxygens (including phenoxy) is 4. The summed E-state index contributed by atoms with van der Waals surface area (Å²) in [6, 6.07) is 13.1. The Morgan fingerprint density at radius 2 is 1.80 bits per heavy atom. The van der Waals surface area contributed by atoms with Crippen LogP contribution in [0.25, 0.3) is 0 Å². The maximum atomic E-state index is 13.2. The molecule has 2 aliphatic rings. The zero-order chi connectivity index (χ0) is 31.9. The van der Waals surface area contributed by atoms with E-state index in [2.05, 4.69) is 33.2 Å². The van der Waals surface area contributed by atoms with E-state index in [0.29, 0.717) is 22.3 Å². The number of hydrogen-bond donors (Lipinski definition) is 3. The molecule has 2 amide bonds. The summed E-state index contributed by atoms with van der Waals surface area (Å²) in [7, 11) is 0. The molecule has 0 bridgehead atoms. The Bertz CT molecular complexity index is 1390. The molecule has 1 heterocycles. The minimum absolute atomic E-state index is 0.0330. The molecule has 2 aromatic rings. The second-order valence-corrected chi connectivity index (χ2v) is 12.8. The molecule has 1 fully saturated rings. The zero-order valence-corrected chi connectivity index (χ0v) is 27.0. The first-order valence-corrected chi connectivity index (χ1v) is 15.4. The van der Waals surface area contributed by atoms with Crippen molar-refractivity contribution in [3.63, 3.8) is 0 Å². The van der Waals surface area contributed by atoms with E-state index in [1.165, 1.54) is 0 Å². The lowest BCUT2D eigenvalue weighted by Crippen LogP contribution is -2.43. The van der Waals surface area contributed by atoms with Gasteiger partial charge >= 0.3 is 11.9 Å². The van der Waals surface area contributed by atoms with Gasteiger partial charge in [-0.15, -0.1) is 0 Å². The number of halogens is 1. The zero-order valence-electron chi connectivity index (χ0n) is 24.8. The SMILES string of the molecule is CC(C)(C)OC(=O)CCC(CO)NC(=O)c1cccc(CNC(=O)C2=CC3OCOC3C(OC(=O)c3ccc(I)cc3)C2)c1. The third-order valence-corrected chi connectivity index (χ3v) is 7.66. The van der Waals surface area contributed by atoms with E-state index in [-0.39, 0.29) is 45.1 Å². The fourth-order valence-corrected chi connectivity index (χ4v) is 5.16. The van der Waals surface area contributed by atoms with Gasteiger partial charge in [0.15, 0.2) is 0 Å². The number of aliphatic hydroxyl groups excluding tert-OH is 1. The number of fused-ring (bicyclic) bond motifs is 1. The fraction of sp³-hybridized carbons (Fsp3) is 0.438. The van der Waals surface area contributed by atoms with Crippen molar-refractivity contribution in [1.82, 2.24) is 10.6 Å². The summed E-state index contributed by atoms with van der Waals surface area (Å²) >= 11 is 2.15. The predicted octanol–water partition coefficient (Wildman–Crippen LogP) is 3.42.